The molecule has 3 aromatic carbocycles. The van der Waals surface area contributed by atoms with E-state index in [1.165, 1.54) is 48.1 Å². The van der Waals surface area contributed by atoms with Gasteiger partial charge in [-0.1, -0.05) is 97.6 Å². The van der Waals surface area contributed by atoms with Crippen LogP contribution in [0.2, 0.25) is 0 Å². The fraction of sp³-hybridized carbons (Fsp3) is 0.0976. The summed E-state index contributed by atoms with van der Waals surface area (Å²) in [7, 11) is 0. The van der Waals surface area contributed by atoms with Crippen molar-refractivity contribution in [1.29, 1.82) is 0 Å². The molecule has 0 saturated heterocycles. The van der Waals surface area contributed by atoms with Crippen LogP contribution in [0.5, 0.6) is 0 Å². The summed E-state index contributed by atoms with van der Waals surface area (Å²) in [5, 5.41) is 3.67. The number of nitrogens with zero attached hydrogens (tertiary/aromatic N) is 2. The smallest absolute Gasteiger partial charge is 0.0799 e. The molecule has 0 amide bonds. The van der Waals surface area contributed by atoms with Gasteiger partial charge >= 0.3 is 0 Å². The first-order chi connectivity index (χ1) is 21.6. The number of thiophene rings is 1. The first-order valence-corrected chi connectivity index (χ1v) is 16.0. The van der Waals surface area contributed by atoms with Crippen LogP contribution in [0, 0.1) is 6.92 Å². The quantitative estimate of drug-likeness (QED) is 0.178. The molecule has 7 rings (SSSR count). The van der Waals surface area contributed by atoms with E-state index in [-0.39, 0.29) is 0 Å². The van der Waals surface area contributed by atoms with Crippen molar-refractivity contribution in [1.82, 2.24) is 9.55 Å². The second-order valence-corrected chi connectivity index (χ2v) is 12.1. The average Bonchev–Trinajstić information content (AvgIpc) is 3.46. The lowest BCUT2D eigenvalue weighted by Gasteiger charge is -2.14. The van der Waals surface area contributed by atoms with Crippen molar-refractivity contribution in [3.63, 3.8) is 0 Å². The Kier molecular flexibility index (Phi) is 7.33. The summed E-state index contributed by atoms with van der Waals surface area (Å²) in [4.78, 5) is 5.27. The van der Waals surface area contributed by atoms with Gasteiger partial charge in [-0.2, -0.15) is 0 Å². The zero-order valence-corrected chi connectivity index (χ0v) is 26.2. The first-order valence-electron chi connectivity index (χ1n) is 15.1. The molecule has 44 heavy (non-hydrogen) atoms. The lowest BCUT2D eigenvalue weighted by atomic mass is 9.97. The van der Waals surface area contributed by atoms with Gasteiger partial charge in [0.05, 0.1) is 11.2 Å². The highest BCUT2D eigenvalue weighted by Crippen LogP contribution is 2.42. The molecule has 0 unspecified atom stereocenters. The molecule has 2 nitrogen and oxygen atoms in total. The first kappa shape index (κ1) is 27.8. The van der Waals surface area contributed by atoms with Crippen molar-refractivity contribution in [2.45, 2.75) is 27.2 Å². The minimum absolute atomic E-state index is 0.919. The highest BCUT2D eigenvalue weighted by molar-refractivity contribution is 7.26. The Morgan fingerprint density at radius 3 is 2.57 bits per heavy atom. The van der Waals surface area contributed by atoms with Crippen LogP contribution < -0.4 is 0 Å². The van der Waals surface area contributed by atoms with E-state index in [0.717, 1.165) is 40.0 Å². The fourth-order valence-electron chi connectivity index (χ4n) is 6.47. The molecule has 0 saturated carbocycles. The van der Waals surface area contributed by atoms with Gasteiger partial charge in [0, 0.05) is 42.6 Å². The predicted octanol–water partition coefficient (Wildman–Crippen LogP) is 11.5. The van der Waals surface area contributed by atoms with Gasteiger partial charge in [0.25, 0.3) is 0 Å². The zero-order valence-electron chi connectivity index (χ0n) is 25.3. The highest BCUT2D eigenvalue weighted by Gasteiger charge is 2.20. The van der Waals surface area contributed by atoms with Crippen LogP contribution in [0.4, 0.5) is 0 Å². The molecule has 1 aliphatic carbocycles. The van der Waals surface area contributed by atoms with Gasteiger partial charge in [-0.15, -0.1) is 11.3 Å². The molecule has 0 N–H and O–H groups in total. The van der Waals surface area contributed by atoms with Crippen molar-refractivity contribution in [3.8, 4) is 5.69 Å². The second kappa shape index (κ2) is 11.6. The lowest BCUT2D eigenvalue weighted by Crippen LogP contribution is -2.00. The summed E-state index contributed by atoms with van der Waals surface area (Å²) in [5.41, 5.74) is 11.6. The van der Waals surface area contributed by atoms with E-state index in [9.17, 15) is 0 Å². The Hall–Kier alpha value is -4.99. The van der Waals surface area contributed by atoms with Gasteiger partial charge in [0.15, 0.2) is 0 Å². The van der Waals surface area contributed by atoms with E-state index in [0.29, 0.717) is 0 Å². The molecule has 214 valence electrons. The zero-order chi connectivity index (χ0) is 30.2. The second-order valence-electron chi connectivity index (χ2n) is 11.1. The topological polar surface area (TPSA) is 17.8 Å². The summed E-state index contributed by atoms with van der Waals surface area (Å²) in [6, 6.07) is 26.0. The summed E-state index contributed by atoms with van der Waals surface area (Å²) in [5.74, 6) is 0. The summed E-state index contributed by atoms with van der Waals surface area (Å²) < 4.78 is 4.95. The van der Waals surface area contributed by atoms with E-state index in [2.05, 4.69) is 153 Å². The molecular weight excluding hydrogens is 553 g/mol. The average molecular weight is 587 g/mol. The van der Waals surface area contributed by atoms with Gasteiger partial charge in [-0.05, 0) is 91.4 Å². The van der Waals surface area contributed by atoms with Gasteiger partial charge in [0.1, 0.15) is 0 Å². The van der Waals surface area contributed by atoms with Crippen LogP contribution in [0.15, 0.2) is 122 Å². The summed E-state index contributed by atoms with van der Waals surface area (Å²) >= 11 is 1.85. The third-order valence-corrected chi connectivity index (χ3v) is 9.73. The number of pyridine rings is 1. The number of hydrogen-bond acceptors (Lipinski definition) is 2. The van der Waals surface area contributed by atoms with Crippen LogP contribution in [0.25, 0.3) is 60.1 Å². The fourth-order valence-corrected chi connectivity index (χ4v) is 7.71. The van der Waals surface area contributed by atoms with E-state index >= 15 is 0 Å². The molecule has 6 aromatic rings. The molecule has 3 aromatic heterocycles. The van der Waals surface area contributed by atoms with E-state index in [1.54, 1.807) is 0 Å². The number of rotatable bonds is 6. The molecule has 3 heterocycles. The predicted molar refractivity (Wildman–Crippen MR) is 194 cm³/mol. The minimum atomic E-state index is 0.919. The molecule has 0 spiro atoms. The van der Waals surface area contributed by atoms with Crippen LogP contribution in [0.1, 0.15) is 47.6 Å². The molecule has 0 radical (unpaired) electrons. The maximum absolute atomic E-state index is 5.27. The Labute approximate surface area is 263 Å². The summed E-state index contributed by atoms with van der Waals surface area (Å²) in [6.45, 7) is 10.7. The van der Waals surface area contributed by atoms with E-state index in [4.69, 9.17) is 4.98 Å². The molecule has 1 aliphatic rings. The Balaban J connectivity index is 1.39. The molecule has 0 bridgehead atoms. The van der Waals surface area contributed by atoms with E-state index in [1.807, 2.05) is 17.4 Å². The standard InChI is InChI=1S/C41H34N2S/c1-5-16-32-27(4)43(37-23-10-8-9-19-33(32)37)31-18-15-17-30(26-31)28(6-2)25-29(7-3)40-39-35-21-12-14-24-38(35)44-41(39)34-20-11-13-22-36(34)42-40/h5-18,20-26H,2,19H2,1,3-4H3/b16-5-,28-25+,29-7+. The van der Waals surface area contributed by atoms with Crippen LogP contribution in [-0.2, 0) is 6.42 Å². The SMILES string of the molecule is C=C/C(=C\C(=C/C)c1nc2ccccc2c2sc3ccccc3c12)c1cccc(-n2c(C)c(/C=C\C)c3c2C=CC=CC3)c1. The normalized spacial score (nSPS) is 13.8. The molecule has 3 heteroatoms. The molecule has 0 aliphatic heterocycles. The number of para-hydroxylation sites is 1. The third kappa shape index (κ3) is 4.61. The molecule has 0 atom stereocenters. The van der Waals surface area contributed by atoms with Gasteiger partial charge < -0.3 is 4.57 Å². The number of benzene rings is 3. The van der Waals surface area contributed by atoms with Crippen molar-refractivity contribution in [3.05, 3.63) is 156 Å². The molecular formula is C41H34N2S. The Bertz CT molecular complexity index is 2240. The van der Waals surface area contributed by atoms with Crippen LogP contribution in [-0.4, -0.2) is 9.55 Å². The minimum Gasteiger partial charge on any atom is -0.314 e. The van der Waals surface area contributed by atoms with Crippen molar-refractivity contribution < 1.29 is 0 Å². The van der Waals surface area contributed by atoms with Crippen molar-refractivity contribution >= 4 is 65.7 Å². The number of fused-ring (bicyclic) bond motifs is 6. The van der Waals surface area contributed by atoms with Crippen LogP contribution >= 0.6 is 11.3 Å². The van der Waals surface area contributed by atoms with E-state index < -0.39 is 0 Å². The third-order valence-electron chi connectivity index (χ3n) is 8.52. The van der Waals surface area contributed by atoms with Crippen molar-refractivity contribution in [2.24, 2.45) is 0 Å². The number of aromatic nitrogens is 2. The number of hydrogen-bond donors (Lipinski definition) is 0. The van der Waals surface area contributed by atoms with Crippen LogP contribution in [0.3, 0.4) is 0 Å². The van der Waals surface area contributed by atoms with Gasteiger partial charge in [0.2, 0.25) is 0 Å². The van der Waals surface area contributed by atoms with Gasteiger partial charge in [-0.25, -0.2) is 4.98 Å². The Morgan fingerprint density at radius 2 is 1.75 bits per heavy atom. The van der Waals surface area contributed by atoms with Crippen molar-refractivity contribution in [2.75, 3.05) is 0 Å². The number of allylic oxidation sites excluding steroid dienone is 9. The maximum Gasteiger partial charge on any atom is 0.0799 e. The highest BCUT2D eigenvalue weighted by atomic mass is 32.1. The maximum atomic E-state index is 5.27. The lowest BCUT2D eigenvalue weighted by molar-refractivity contribution is 0.994. The van der Waals surface area contributed by atoms with Gasteiger partial charge in [-0.3, -0.25) is 0 Å². The summed E-state index contributed by atoms with van der Waals surface area (Å²) in [6.07, 6.45) is 20.4. The Morgan fingerprint density at radius 1 is 0.932 bits per heavy atom. The monoisotopic (exact) mass is 586 g/mol. The molecule has 0 fully saturated rings. The largest absolute Gasteiger partial charge is 0.314 e.